The van der Waals surface area contributed by atoms with Gasteiger partial charge in [-0.15, -0.1) is 0 Å². The Morgan fingerprint density at radius 1 is 1.37 bits per heavy atom. The largest absolute Gasteiger partial charge is 0.394 e. The molecule has 0 spiro atoms. The maximum absolute atomic E-state index is 12.0. The van der Waals surface area contributed by atoms with Crippen LogP contribution in [0.2, 0.25) is 0 Å². The fraction of sp³-hybridized carbons (Fsp3) is 0.833. The van der Waals surface area contributed by atoms with E-state index in [9.17, 15) is 9.59 Å². The van der Waals surface area contributed by atoms with Crippen molar-refractivity contribution in [2.45, 2.75) is 31.8 Å². The quantitative estimate of drug-likeness (QED) is 0.451. The molecule has 1 aliphatic rings. The molecule has 19 heavy (non-hydrogen) atoms. The lowest BCUT2D eigenvalue weighted by Crippen LogP contribution is -2.58. The van der Waals surface area contributed by atoms with Gasteiger partial charge in [-0.3, -0.25) is 9.59 Å². The third-order valence-electron chi connectivity index (χ3n) is 3.45. The number of nitrogens with one attached hydrogen (secondary N) is 1. The maximum atomic E-state index is 12.0. The summed E-state index contributed by atoms with van der Waals surface area (Å²) in [5, 5.41) is 29.9. The van der Waals surface area contributed by atoms with E-state index in [-0.39, 0.29) is 18.4 Å². The van der Waals surface area contributed by atoms with Crippen LogP contribution in [0.25, 0.3) is 0 Å². The number of hydrogen-bond donors (Lipinski definition) is 4. The lowest BCUT2D eigenvalue weighted by molar-refractivity contribution is -0.131. The summed E-state index contributed by atoms with van der Waals surface area (Å²) in [6, 6.07) is 0.0311. The number of hydrogen-bond acceptors (Lipinski definition) is 5. The molecule has 1 fully saturated rings. The number of nitrogens with zero attached hydrogens (tertiary/aromatic N) is 1. The summed E-state index contributed by atoms with van der Waals surface area (Å²) < 4.78 is 0. The van der Waals surface area contributed by atoms with Gasteiger partial charge in [0.2, 0.25) is 11.8 Å². The van der Waals surface area contributed by atoms with Gasteiger partial charge in [-0.05, 0) is 13.8 Å². The van der Waals surface area contributed by atoms with Crippen LogP contribution in [0.5, 0.6) is 0 Å². The van der Waals surface area contributed by atoms with E-state index in [1.54, 1.807) is 4.90 Å². The van der Waals surface area contributed by atoms with E-state index in [1.807, 2.05) is 13.8 Å². The van der Waals surface area contributed by atoms with Crippen LogP contribution in [0, 0.1) is 5.92 Å². The van der Waals surface area contributed by atoms with Crippen molar-refractivity contribution in [1.29, 1.82) is 0 Å². The Morgan fingerprint density at radius 3 is 2.26 bits per heavy atom. The second-order valence-corrected chi connectivity index (χ2v) is 5.28. The van der Waals surface area contributed by atoms with Crippen molar-refractivity contribution in [1.82, 2.24) is 10.2 Å². The third kappa shape index (κ3) is 3.43. The van der Waals surface area contributed by atoms with Gasteiger partial charge >= 0.3 is 0 Å². The molecule has 110 valence electrons. The molecular weight excluding hydrogens is 252 g/mol. The third-order valence-corrected chi connectivity index (χ3v) is 3.45. The van der Waals surface area contributed by atoms with E-state index < -0.39 is 37.2 Å². The van der Waals surface area contributed by atoms with Crippen LogP contribution < -0.4 is 5.32 Å². The molecule has 0 aliphatic carbocycles. The van der Waals surface area contributed by atoms with Crippen molar-refractivity contribution in [2.75, 3.05) is 26.4 Å². The van der Waals surface area contributed by atoms with Gasteiger partial charge in [0.25, 0.3) is 0 Å². The smallest absolute Gasteiger partial charge is 0.226 e. The van der Waals surface area contributed by atoms with Crippen molar-refractivity contribution in [3.8, 4) is 0 Å². The molecule has 7 heteroatoms. The second kappa shape index (κ2) is 6.31. The summed E-state index contributed by atoms with van der Waals surface area (Å²) in [5.41, 5.74) is -1.44. The highest BCUT2D eigenvalue weighted by atomic mass is 16.3. The van der Waals surface area contributed by atoms with Crippen LogP contribution in [0.15, 0.2) is 0 Å². The summed E-state index contributed by atoms with van der Waals surface area (Å²) in [7, 11) is 0. The molecule has 0 saturated carbocycles. The van der Waals surface area contributed by atoms with E-state index >= 15 is 0 Å². The highest BCUT2D eigenvalue weighted by molar-refractivity contribution is 5.89. The van der Waals surface area contributed by atoms with E-state index in [1.165, 1.54) is 0 Å². The lowest BCUT2D eigenvalue weighted by Gasteiger charge is -2.30. The van der Waals surface area contributed by atoms with Crippen molar-refractivity contribution in [3.63, 3.8) is 0 Å². The molecule has 1 atom stereocenters. The summed E-state index contributed by atoms with van der Waals surface area (Å²) in [5.74, 6) is -1.04. The van der Waals surface area contributed by atoms with Gasteiger partial charge in [0, 0.05) is 19.0 Å². The molecule has 0 bridgehead atoms. The highest BCUT2D eigenvalue weighted by Crippen LogP contribution is 2.21. The molecule has 0 aromatic carbocycles. The molecule has 0 radical (unpaired) electrons. The van der Waals surface area contributed by atoms with E-state index in [0.29, 0.717) is 6.54 Å². The fourth-order valence-electron chi connectivity index (χ4n) is 2.04. The predicted molar refractivity (Wildman–Crippen MR) is 67.1 cm³/mol. The Kier molecular flexibility index (Phi) is 5.28. The normalized spacial score (nSPS) is 20.2. The number of carbonyl (C=O) groups is 2. The molecule has 1 heterocycles. The van der Waals surface area contributed by atoms with Gasteiger partial charge in [0.15, 0.2) is 0 Å². The zero-order valence-corrected chi connectivity index (χ0v) is 11.3. The van der Waals surface area contributed by atoms with Crippen LogP contribution in [-0.4, -0.2) is 70.0 Å². The summed E-state index contributed by atoms with van der Waals surface area (Å²) in [6.07, 6.45) is 0.113. The molecule has 0 aromatic rings. The number of rotatable bonds is 6. The first-order chi connectivity index (χ1) is 8.89. The van der Waals surface area contributed by atoms with Gasteiger partial charge in [-0.25, -0.2) is 0 Å². The number of aliphatic hydroxyl groups excluding tert-OH is 3. The van der Waals surface area contributed by atoms with Gasteiger partial charge < -0.3 is 25.5 Å². The Labute approximate surface area is 112 Å². The standard InChI is InChI=1S/C12H22N2O5/c1-8(2)14-4-9(3-10(14)18)11(19)13-12(5-15,6-16)7-17/h8-9,15-17H,3-7H2,1-2H3,(H,13,19). The van der Waals surface area contributed by atoms with E-state index in [4.69, 9.17) is 15.3 Å². The van der Waals surface area contributed by atoms with Crippen LogP contribution in [-0.2, 0) is 9.59 Å². The maximum Gasteiger partial charge on any atom is 0.226 e. The second-order valence-electron chi connectivity index (χ2n) is 5.28. The average Bonchev–Trinajstić information content (AvgIpc) is 2.78. The zero-order valence-electron chi connectivity index (χ0n) is 11.3. The van der Waals surface area contributed by atoms with Crippen LogP contribution >= 0.6 is 0 Å². The molecule has 1 saturated heterocycles. The first kappa shape index (κ1) is 15.9. The molecule has 1 rings (SSSR count). The molecule has 4 N–H and O–H groups in total. The van der Waals surface area contributed by atoms with Gasteiger partial charge in [0.1, 0.15) is 5.54 Å². The Bertz CT molecular complexity index is 333. The SMILES string of the molecule is CC(C)N1CC(C(=O)NC(CO)(CO)CO)CC1=O. The summed E-state index contributed by atoms with van der Waals surface area (Å²) in [6.45, 7) is 2.36. The van der Waals surface area contributed by atoms with Crippen molar-refractivity contribution in [2.24, 2.45) is 5.92 Å². The molecular formula is C12H22N2O5. The van der Waals surface area contributed by atoms with Crippen molar-refractivity contribution < 1.29 is 24.9 Å². The minimum atomic E-state index is -1.44. The monoisotopic (exact) mass is 274 g/mol. The summed E-state index contributed by atoms with van der Waals surface area (Å²) >= 11 is 0. The van der Waals surface area contributed by atoms with Gasteiger partial charge in [-0.1, -0.05) is 0 Å². The minimum absolute atomic E-state index is 0.0311. The Balaban J connectivity index is 2.67. The van der Waals surface area contributed by atoms with Crippen molar-refractivity contribution in [3.05, 3.63) is 0 Å². The molecule has 1 aliphatic heterocycles. The summed E-state index contributed by atoms with van der Waals surface area (Å²) in [4.78, 5) is 25.3. The zero-order chi connectivity index (χ0) is 14.6. The lowest BCUT2D eigenvalue weighted by atomic mass is 10.0. The molecule has 0 aromatic heterocycles. The van der Waals surface area contributed by atoms with Crippen LogP contribution in [0.3, 0.4) is 0 Å². The minimum Gasteiger partial charge on any atom is -0.394 e. The van der Waals surface area contributed by atoms with Gasteiger partial charge in [0.05, 0.1) is 25.7 Å². The number of amides is 2. The average molecular weight is 274 g/mol. The van der Waals surface area contributed by atoms with Crippen LogP contribution in [0.1, 0.15) is 20.3 Å². The predicted octanol–water partition coefficient (Wildman–Crippen LogP) is -1.92. The molecule has 1 unspecified atom stereocenters. The highest BCUT2D eigenvalue weighted by Gasteiger charge is 2.39. The first-order valence-corrected chi connectivity index (χ1v) is 6.33. The topological polar surface area (TPSA) is 110 Å². The molecule has 2 amide bonds. The first-order valence-electron chi connectivity index (χ1n) is 6.33. The fourth-order valence-corrected chi connectivity index (χ4v) is 2.04. The number of aliphatic hydroxyl groups is 3. The van der Waals surface area contributed by atoms with Crippen LogP contribution in [0.4, 0.5) is 0 Å². The Hall–Kier alpha value is -1.18. The number of likely N-dealkylation sites (tertiary alicyclic amines) is 1. The van der Waals surface area contributed by atoms with Gasteiger partial charge in [-0.2, -0.15) is 0 Å². The van der Waals surface area contributed by atoms with Crippen molar-refractivity contribution >= 4 is 11.8 Å². The van der Waals surface area contributed by atoms with E-state index in [2.05, 4.69) is 5.32 Å². The molecule has 7 nitrogen and oxygen atoms in total. The van der Waals surface area contributed by atoms with E-state index in [0.717, 1.165) is 0 Å². The Morgan fingerprint density at radius 2 is 1.89 bits per heavy atom. The number of carbonyl (C=O) groups excluding carboxylic acids is 2.